The zero-order chi connectivity index (χ0) is 19.5. The first-order chi connectivity index (χ1) is 13.1. The van der Waals surface area contributed by atoms with Gasteiger partial charge < -0.3 is 9.47 Å². The fourth-order valence-electron chi connectivity index (χ4n) is 2.16. The molecule has 27 heavy (non-hydrogen) atoms. The molecule has 144 valence electrons. The average Bonchev–Trinajstić information content (AvgIpc) is 3.02. The summed E-state index contributed by atoms with van der Waals surface area (Å²) in [5, 5.41) is 10.7. The summed E-state index contributed by atoms with van der Waals surface area (Å²) in [6.45, 7) is 2.91. The number of thioether (sulfide) groups is 1. The Labute approximate surface area is 162 Å². The molecule has 1 aliphatic rings. The number of unbranched alkanes of at least 4 members (excludes halogenated alkanes) is 3. The summed E-state index contributed by atoms with van der Waals surface area (Å²) in [5.74, 6) is -0.170. The molecule has 8 heteroatoms. The van der Waals surface area contributed by atoms with Crippen LogP contribution in [-0.2, 0) is 14.3 Å². The van der Waals surface area contributed by atoms with Crippen LogP contribution in [0.3, 0.4) is 0 Å². The summed E-state index contributed by atoms with van der Waals surface area (Å²) in [5.41, 5.74) is 0.859. The Kier molecular flexibility index (Phi) is 8.57. The highest BCUT2D eigenvalue weighted by Crippen LogP contribution is 2.23. The fraction of sp³-hybridized carbons (Fsp3) is 0.368. The van der Waals surface area contributed by atoms with Gasteiger partial charge in [0.1, 0.15) is 5.75 Å². The standard InChI is InChI=1S/C19H23N3O4S/c1-3-4-5-6-11-26-15-9-7-14(8-10-15)13-20-22-19-21-18(24)16(27-19)12-17(23)25-2/h7-10,12-13H,3-6,11H2,1-2H3,(H,21,22,24)/b16-12+,20-13?. The molecule has 0 aliphatic carbocycles. The normalized spacial score (nSPS) is 16.9. The quantitative estimate of drug-likeness (QED) is 0.230. The van der Waals surface area contributed by atoms with Crippen LogP contribution in [0, 0.1) is 0 Å². The maximum Gasteiger partial charge on any atom is 0.331 e. The van der Waals surface area contributed by atoms with E-state index in [2.05, 4.69) is 27.2 Å². The molecule has 0 bridgehead atoms. The van der Waals surface area contributed by atoms with Crippen molar-refractivity contribution in [3.05, 3.63) is 40.8 Å². The van der Waals surface area contributed by atoms with E-state index in [9.17, 15) is 9.59 Å². The third-order valence-electron chi connectivity index (χ3n) is 3.60. The molecule has 0 aromatic heterocycles. The van der Waals surface area contributed by atoms with E-state index in [0.717, 1.165) is 42.2 Å². The number of nitrogens with zero attached hydrogens (tertiary/aromatic N) is 2. The maximum absolute atomic E-state index is 11.7. The number of benzene rings is 1. The van der Waals surface area contributed by atoms with Crippen molar-refractivity contribution in [3.63, 3.8) is 0 Å². The lowest BCUT2D eigenvalue weighted by Crippen LogP contribution is -2.19. The van der Waals surface area contributed by atoms with E-state index < -0.39 is 11.9 Å². The summed E-state index contributed by atoms with van der Waals surface area (Å²) in [7, 11) is 1.25. The SMILES string of the molecule is CCCCCCOc1ccc(C=N/N=C2/NC(=O)/C(=C\C(=O)OC)S2)cc1. The van der Waals surface area contributed by atoms with Gasteiger partial charge in [-0.25, -0.2) is 4.79 Å². The lowest BCUT2D eigenvalue weighted by Gasteiger charge is -2.05. The molecule has 0 radical (unpaired) electrons. The number of hydrogen-bond acceptors (Lipinski definition) is 7. The van der Waals surface area contributed by atoms with Gasteiger partial charge in [-0.2, -0.15) is 5.10 Å². The highest BCUT2D eigenvalue weighted by molar-refractivity contribution is 8.18. The highest BCUT2D eigenvalue weighted by Gasteiger charge is 2.24. The number of esters is 1. The largest absolute Gasteiger partial charge is 0.494 e. The molecule has 2 rings (SSSR count). The van der Waals surface area contributed by atoms with E-state index in [1.165, 1.54) is 26.4 Å². The van der Waals surface area contributed by atoms with Gasteiger partial charge >= 0.3 is 5.97 Å². The maximum atomic E-state index is 11.7. The fourth-order valence-corrected chi connectivity index (χ4v) is 2.90. The van der Waals surface area contributed by atoms with Crippen LogP contribution in [0.15, 0.2) is 45.4 Å². The van der Waals surface area contributed by atoms with Crippen LogP contribution in [0.5, 0.6) is 5.75 Å². The molecule has 1 aromatic carbocycles. The number of rotatable bonds is 9. The number of nitrogens with one attached hydrogen (secondary N) is 1. The predicted molar refractivity (Wildman–Crippen MR) is 107 cm³/mol. The van der Waals surface area contributed by atoms with Crippen molar-refractivity contribution in [2.75, 3.05) is 13.7 Å². The van der Waals surface area contributed by atoms with Gasteiger partial charge in [0.15, 0.2) is 5.17 Å². The second-order valence-electron chi connectivity index (χ2n) is 5.72. The Bertz CT molecular complexity index is 742. The molecule has 1 heterocycles. The van der Waals surface area contributed by atoms with Gasteiger partial charge in [-0.05, 0) is 48.0 Å². The molecule has 0 saturated carbocycles. The van der Waals surface area contributed by atoms with Crippen molar-refractivity contribution in [2.45, 2.75) is 32.6 Å². The lowest BCUT2D eigenvalue weighted by molar-refractivity contribution is -0.135. The van der Waals surface area contributed by atoms with E-state index in [4.69, 9.17) is 4.74 Å². The van der Waals surface area contributed by atoms with E-state index in [0.29, 0.717) is 5.17 Å². The first-order valence-electron chi connectivity index (χ1n) is 8.75. The van der Waals surface area contributed by atoms with Crippen LogP contribution in [0.2, 0.25) is 0 Å². The molecule has 1 aromatic rings. The van der Waals surface area contributed by atoms with Crippen molar-refractivity contribution in [3.8, 4) is 5.75 Å². The van der Waals surface area contributed by atoms with E-state index >= 15 is 0 Å². The smallest absolute Gasteiger partial charge is 0.331 e. The Hall–Kier alpha value is -2.61. The molecule has 1 saturated heterocycles. The minimum absolute atomic E-state index is 0.219. The molecule has 1 aliphatic heterocycles. The number of amidine groups is 1. The van der Waals surface area contributed by atoms with Crippen LogP contribution in [-0.4, -0.2) is 37.0 Å². The molecule has 0 unspecified atom stereocenters. The monoisotopic (exact) mass is 389 g/mol. The van der Waals surface area contributed by atoms with Gasteiger partial charge in [-0.15, -0.1) is 5.10 Å². The summed E-state index contributed by atoms with van der Waals surface area (Å²) < 4.78 is 10.2. The van der Waals surface area contributed by atoms with Gasteiger partial charge in [0.2, 0.25) is 0 Å². The molecule has 7 nitrogen and oxygen atoms in total. The molecule has 0 atom stereocenters. The molecule has 1 N–H and O–H groups in total. The minimum atomic E-state index is -0.593. The number of amides is 1. The summed E-state index contributed by atoms with van der Waals surface area (Å²) in [4.78, 5) is 23.1. The Morgan fingerprint density at radius 2 is 2.00 bits per heavy atom. The first kappa shape index (κ1) is 20.7. The highest BCUT2D eigenvalue weighted by atomic mass is 32.2. The summed E-state index contributed by atoms with van der Waals surface area (Å²) in [6.07, 6.45) is 7.39. The Morgan fingerprint density at radius 1 is 1.22 bits per heavy atom. The predicted octanol–water partition coefficient (Wildman–Crippen LogP) is 3.26. The van der Waals surface area contributed by atoms with Crippen molar-refractivity contribution < 1.29 is 19.1 Å². The molecule has 1 amide bonds. The lowest BCUT2D eigenvalue weighted by atomic mass is 10.2. The number of carbonyl (C=O) groups is 2. The minimum Gasteiger partial charge on any atom is -0.494 e. The van der Waals surface area contributed by atoms with Crippen LogP contribution >= 0.6 is 11.8 Å². The number of ether oxygens (including phenoxy) is 2. The second kappa shape index (κ2) is 11.2. The van der Waals surface area contributed by atoms with E-state index in [1.54, 1.807) is 6.21 Å². The topological polar surface area (TPSA) is 89.4 Å². The van der Waals surface area contributed by atoms with Crippen molar-refractivity contribution in [1.29, 1.82) is 0 Å². The number of carbonyl (C=O) groups excluding carboxylic acids is 2. The van der Waals surface area contributed by atoms with Crippen molar-refractivity contribution in [1.82, 2.24) is 5.32 Å². The molecular weight excluding hydrogens is 366 g/mol. The zero-order valence-corrected chi connectivity index (χ0v) is 16.3. The first-order valence-corrected chi connectivity index (χ1v) is 9.56. The van der Waals surface area contributed by atoms with E-state index in [-0.39, 0.29) is 4.91 Å². The van der Waals surface area contributed by atoms with Gasteiger partial charge in [0.05, 0.1) is 24.8 Å². The van der Waals surface area contributed by atoms with Gasteiger partial charge in [0.25, 0.3) is 5.91 Å². The van der Waals surface area contributed by atoms with Crippen molar-refractivity contribution in [2.24, 2.45) is 10.2 Å². The molecule has 1 fully saturated rings. The van der Waals surface area contributed by atoms with Gasteiger partial charge in [0, 0.05) is 6.08 Å². The summed E-state index contributed by atoms with van der Waals surface area (Å²) >= 11 is 1.03. The number of hydrogen-bond donors (Lipinski definition) is 1. The zero-order valence-electron chi connectivity index (χ0n) is 15.4. The number of methoxy groups -OCH3 is 1. The van der Waals surface area contributed by atoms with Crippen LogP contribution in [0.1, 0.15) is 38.2 Å². The Balaban J connectivity index is 1.84. The van der Waals surface area contributed by atoms with Gasteiger partial charge in [-0.1, -0.05) is 26.2 Å². The third-order valence-corrected chi connectivity index (χ3v) is 4.50. The third kappa shape index (κ3) is 7.26. The van der Waals surface area contributed by atoms with Gasteiger partial charge in [-0.3, -0.25) is 10.1 Å². The molecular formula is C19H23N3O4S. The van der Waals surface area contributed by atoms with Crippen molar-refractivity contribution >= 4 is 35.0 Å². The van der Waals surface area contributed by atoms with Crippen LogP contribution < -0.4 is 10.1 Å². The van der Waals surface area contributed by atoms with Crippen LogP contribution in [0.25, 0.3) is 0 Å². The van der Waals surface area contributed by atoms with Crippen LogP contribution in [0.4, 0.5) is 0 Å². The molecule has 0 spiro atoms. The average molecular weight is 389 g/mol. The summed E-state index contributed by atoms with van der Waals surface area (Å²) in [6, 6.07) is 7.54. The van der Waals surface area contributed by atoms with E-state index in [1.807, 2.05) is 24.3 Å². The second-order valence-corrected chi connectivity index (χ2v) is 6.75. The Morgan fingerprint density at radius 3 is 2.70 bits per heavy atom.